The van der Waals surface area contributed by atoms with E-state index in [2.05, 4.69) is 33.9 Å². The van der Waals surface area contributed by atoms with Gasteiger partial charge in [0.25, 0.3) is 0 Å². The summed E-state index contributed by atoms with van der Waals surface area (Å²) in [4.78, 5) is 61.0. The van der Waals surface area contributed by atoms with Gasteiger partial charge in [0.1, 0.15) is 23.9 Å². The predicted octanol–water partition coefficient (Wildman–Crippen LogP) is -2.00. The largest absolute Gasteiger partial charge is 0.508 e. The van der Waals surface area contributed by atoms with Gasteiger partial charge in [0.2, 0.25) is 23.6 Å². The monoisotopic (exact) mass is 540 g/mol. The third-order valence-corrected chi connectivity index (χ3v) is 5.69. The number of aliphatic carboxylic acids is 1. The Labute approximate surface area is 220 Å². The summed E-state index contributed by atoms with van der Waals surface area (Å²) in [5.74, 6) is -3.79. The highest BCUT2D eigenvalue weighted by Crippen LogP contribution is 2.11. The minimum atomic E-state index is -1.20. The van der Waals surface area contributed by atoms with Gasteiger partial charge in [0.15, 0.2) is 0 Å². The molecule has 0 aromatic heterocycles. The highest BCUT2D eigenvalue weighted by atomic mass is 32.1. The van der Waals surface area contributed by atoms with Gasteiger partial charge >= 0.3 is 5.97 Å². The van der Waals surface area contributed by atoms with Crippen molar-refractivity contribution in [2.45, 2.75) is 56.8 Å². The van der Waals surface area contributed by atoms with Crippen LogP contribution in [0.4, 0.5) is 0 Å². The second-order valence-corrected chi connectivity index (χ2v) is 8.78. The van der Waals surface area contributed by atoms with Crippen LogP contribution in [-0.4, -0.2) is 82.8 Å². The van der Waals surface area contributed by atoms with Crippen LogP contribution in [0.25, 0.3) is 0 Å². The molecule has 37 heavy (non-hydrogen) atoms. The molecule has 4 amide bonds. The molecular weight excluding hydrogens is 504 g/mol. The van der Waals surface area contributed by atoms with Crippen LogP contribution in [0.3, 0.4) is 0 Å². The van der Waals surface area contributed by atoms with Crippen molar-refractivity contribution in [1.82, 2.24) is 21.3 Å². The molecule has 0 aliphatic carbocycles. The minimum absolute atomic E-state index is 0.0333. The predicted molar refractivity (Wildman–Crippen MR) is 139 cm³/mol. The van der Waals surface area contributed by atoms with E-state index in [4.69, 9.17) is 11.5 Å². The zero-order valence-corrected chi connectivity index (χ0v) is 21.5. The van der Waals surface area contributed by atoms with Gasteiger partial charge in [-0.05, 0) is 50.4 Å². The van der Waals surface area contributed by atoms with Gasteiger partial charge in [-0.2, -0.15) is 12.6 Å². The molecule has 0 saturated heterocycles. The Kier molecular flexibility index (Phi) is 14.0. The van der Waals surface area contributed by atoms with Crippen molar-refractivity contribution in [3.8, 4) is 5.75 Å². The number of aromatic hydroxyl groups is 1. The Bertz CT molecular complexity index is 931. The zero-order valence-electron chi connectivity index (χ0n) is 20.6. The standard InChI is InChI=1S/C23H36N6O7S/c1-13(20(32)28-17(23(35)36)4-2-3-9-24)27-19(31)11-26-22(34)18(29-21(33)16(25)12-37)10-14-5-7-15(30)8-6-14/h5-8,13,16-18,30,37H,2-4,9-12,24-25H2,1H3,(H,26,34)(H,27,31)(H,28,32)(H,29,33)(H,35,36)/t13-,16-,17-,18-/m0/s1. The van der Waals surface area contributed by atoms with E-state index >= 15 is 0 Å². The summed E-state index contributed by atoms with van der Waals surface area (Å²) >= 11 is 3.97. The van der Waals surface area contributed by atoms with E-state index in [-0.39, 0.29) is 24.3 Å². The van der Waals surface area contributed by atoms with Crippen LogP contribution in [0.1, 0.15) is 31.7 Å². The molecule has 206 valence electrons. The fourth-order valence-electron chi connectivity index (χ4n) is 3.13. The second-order valence-electron chi connectivity index (χ2n) is 8.41. The Balaban J connectivity index is 2.70. The van der Waals surface area contributed by atoms with Crippen molar-refractivity contribution in [3.63, 3.8) is 0 Å². The van der Waals surface area contributed by atoms with Crippen molar-refractivity contribution in [1.29, 1.82) is 0 Å². The van der Waals surface area contributed by atoms with E-state index in [1.54, 1.807) is 12.1 Å². The Hall–Kier alpha value is -3.36. The van der Waals surface area contributed by atoms with Gasteiger partial charge in [0.05, 0.1) is 12.6 Å². The van der Waals surface area contributed by atoms with Crippen LogP contribution >= 0.6 is 12.6 Å². The Morgan fingerprint density at radius 1 is 0.946 bits per heavy atom. The van der Waals surface area contributed by atoms with Gasteiger partial charge in [0, 0.05) is 12.2 Å². The van der Waals surface area contributed by atoms with Crippen LogP contribution in [-0.2, 0) is 30.4 Å². The maximum Gasteiger partial charge on any atom is 0.326 e. The van der Waals surface area contributed by atoms with Crippen LogP contribution in [0.15, 0.2) is 24.3 Å². The maximum absolute atomic E-state index is 12.8. The molecule has 1 rings (SSSR count). The minimum Gasteiger partial charge on any atom is -0.508 e. The van der Waals surface area contributed by atoms with Crippen molar-refractivity contribution < 1.29 is 34.2 Å². The molecule has 0 heterocycles. The lowest BCUT2D eigenvalue weighted by Gasteiger charge is -2.21. The molecule has 14 heteroatoms. The number of hydrogen-bond acceptors (Lipinski definition) is 9. The lowest BCUT2D eigenvalue weighted by atomic mass is 10.0. The molecular formula is C23H36N6O7S. The Morgan fingerprint density at radius 3 is 2.14 bits per heavy atom. The molecule has 0 bridgehead atoms. The smallest absolute Gasteiger partial charge is 0.326 e. The van der Waals surface area contributed by atoms with Crippen molar-refractivity contribution >= 4 is 42.2 Å². The third-order valence-electron chi connectivity index (χ3n) is 5.30. The number of carbonyl (C=O) groups excluding carboxylic acids is 4. The van der Waals surface area contributed by atoms with E-state index < -0.39 is 60.3 Å². The van der Waals surface area contributed by atoms with Crippen LogP contribution < -0.4 is 32.7 Å². The third kappa shape index (κ3) is 11.9. The van der Waals surface area contributed by atoms with Gasteiger partial charge in [-0.25, -0.2) is 4.79 Å². The number of phenols is 1. The topological polar surface area (TPSA) is 226 Å². The van der Waals surface area contributed by atoms with Crippen molar-refractivity contribution in [2.75, 3.05) is 18.8 Å². The number of carbonyl (C=O) groups is 5. The average molecular weight is 541 g/mol. The van der Waals surface area contributed by atoms with E-state index in [1.807, 2.05) is 0 Å². The van der Waals surface area contributed by atoms with E-state index in [1.165, 1.54) is 19.1 Å². The summed E-state index contributed by atoms with van der Waals surface area (Å²) < 4.78 is 0. The van der Waals surface area contributed by atoms with Gasteiger partial charge in [-0.15, -0.1) is 0 Å². The first-order chi connectivity index (χ1) is 17.5. The number of carboxylic acids is 1. The quantitative estimate of drug-likeness (QED) is 0.0833. The lowest BCUT2D eigenvalue weighted by Crippen LogP contribution is -2.55. The molecule has 0 fully saturated rings. The average Bonchev–Trinajstić information content (AvgIpc) is 2.86. The van der Waals surface area contributed by atoms with Crippen LogP contribution in [0.2, 0.25) is 0 Å². The summed E-state index contributed by atoms with van der Waals surface area (Å²) in [6, 6.07) is 1.79. The summed E-state index contributed by atoms with van der Waals surface area (Å²) in [6.07, 6.45) is 1.37. The molecule has 0 unspecified atom stereocenters. The number of rotatable bonds is 16. The highest BCUT2D eigenvalue weighted by Gasteiger charge is 2.26. The summed E-state index contributed by atoms with van der Waals surface area (Å²) in [6.45, 7) is 1.27. The normalized spacial score (nSPS) is 13.9. The number of carboxylic acid groups (broad SMARTS) is 1. The SMILES string of the molecule is C[C@H](NC(=O)CNC(=O)[C@H](Cc1ccc(O)cc1)NC(=O)[C@@H](N)CS)C(=O)N[C@@H](CCCCN)C(=O)O. The molecule has 4 atom stereocenters. The molecule has 13 nitrogen and oxygen atoms in total. The first kappa shape index (κ1) is 31.7. The summed E-state index contributed by atoms with van der Waals surface area (Å²) in [7, 11) is 0. The highest BCUT2D eigenvalue weighted by molar-refractivity contribution is 7.80. The van der Waals surface area contributed by atoms with Gasteiger partial charge in [-0.3, -0.25) is 19.2 Å². The fourth-order valence-corrected chi connectivity index (χ4v) is 3.30. The fraction of sp³-hybridized carbons (Fsp3) is 0.522. The number of phenolic OH excluding ortho intramolecular Hbond substituents is 1. The molecule has 1 aromatic rings. The summed E-state index contributed by atoms with van der Waals surface area (Å²) in [5.41, 5.74) is 11.7. The van der Waals surface area contributed by atoms with Crippen LogP contribution in [0, 0.1) is 0 Å². The maximum atomic E-state index is 12.8. The van der Waals surface area contributed by atoms with E-state index in [9.17, 15) is 34.2 Å². The molecule has 0 saturated carbocycles. The number of thiol groups is 1. The number of nitrogens with two attached hydrogens (primary N) is 2. The van der Waals surface area contributed by atoms with E-state index in [0.29, 0.717) is 24.9 Å². The lowest BCUT2D eigenvalue weighted by molar-refractivity contribution is -0.142. The van der Waals surface area contributed by atoms with Gasteiger partial charge < -0.3 is 42.9 Å². The summed E-state index contributed by atoms with van der Waals surface area (Å²) in [5, 5.41) is 28.4. The molecule has 10 N–H and O–H groups in total. The van der Waals surface area contributed by atoms with E-state index in [0.717, 1.165) is 0 Å². The van der Waals surface area contributed by atoms with Crippen molar-refractivity contribution in [3.05, 3.63) is 29.8 Å². The molecule has 0 aliphatic rings. The number of unbranched alkanes of at least 4 members (excludes halogenated alkanes) is 1. The molecule has 0 aliphatic heterocycles. The molecule has 1 aromatic carbocycles. The first-order valence-electron chi connectivity index (χ1n) is 11.7. The molecule has 0 radical (unpaired) electrons. The number of nitrogens with one attached hydrogen (secondary N) is 4. The Morgan fingerprint density at radius 2 is 1.57 bits per heavy atom. The number of hydrogen-bond donors (Lipinski definition) is 9. The number of amides is 4. The second kappa shape index (κ2) is 16.4. The first-order valence-corrected chi connectivity index (χ1v) is 12.4. The molecule has 0 spiro atoms. The van der Waals surface area contributed by atoms with Gasteiger partial charge in [-0.1, -0.05) is 12.1 Å². The van der Waals surface area contributed by atoms with Crippen LogP contribution in [0.5, 0.6) is 5.75 Å². The number of benzene rings is 1. The van der Waals surface area contributed by atoms with Crippen molar-refractivity contribution in [2.24, 2.45) is 11.5 Å². The zero-order chi connectivity index (χ0) is 28.0.